The number of nitrogens with zero attached hydrogens (tertiary/aromatic N) is 1. The summed E-state index contributed by atoms with van der Waals surface area (Å²) in [6.45, 7) is 5.73. The van der Waals surface area contributed by atoms with Crippen LogP contribution in [0.2, 0.25) is 0 Å². The zero-order chi connectivity index (χ0) is 42.1. The summed E-state index contributed by atoms with van der Waals surface area (Å²) in [5.41, 5.74) is 8.54. The number of hydrogen-bond donors (Lipinski definition) is 3. The Morgan fingerprint density at radius 2 is 1.35 bits per heavy atom. The number of aryl methyl sites for hydroxylation is 1. The van der Waals surface area contributed by atoms with Crippen LogP contribution in [0.25, 0.3) is 11.1 Å². The first-order valence-electron chi connectivity index (χ1n) is 20.4. The van der Waals surface area contributed by atoms with Gasteiger partial charge < -0.3 is 19.9 Å². The topological polar surface area (TPSA) is 117 Å². The third-order valence-corrected chi connectivity index (χ3v) is 12.5. The maximum Gasteiger partial charge on any atom is 0.241 e. The van der Waals surface area contributed by atoms with Gasteiger partial charge in [-0.1, -0.05) is 146 Å². The number of carbonyl (C=O) groups excluding carboxylic acids is 1. The third kappa shape index (κ3) is 11.0. The third-order valence-electron chi connectivity index (χ3n) is 11.0. The fourth-order valence-electron chi connectivity index (χ4n) is 7.64. The molecule has 60 heavy (non-hydrogen) atoms. The van der Waals surface area contributed by atoms with Crippen LogP contribution < -0.4 is 10.0 Å². The van der Waals surface area contributed by atoms with Gasteiger partial charge in [0.25, 0.3) is 0 Å². The van der Waals surface area contributed by atoms with Gasteiger partial charge in [-0.3, -0.25) is 9.69 Å². The summed E-state index contributed by atoms with van der Waals surface area (Å²) >= 11 is 0. The number of rotatable bonds is 16. The molecule has 0 bridgehead atoms. The van der Waals surface area contributed by atoms with Crippen molar-refractivity contribution in [1.82, 2.24) is 14.9 Å². The highest BCUT2D eigenvalue weighted by Crippen LogP contribution is 2.42. The van der Waals surface area contributed by atoms with Crippen molar-refractivity contribution in [2.45, 2.75) is 69.4 Å². The van der Waals surface area contributed by atoms with Gasteiger partial charge in [0, 0.05) is 31.1 Å². The van der Waals surface area contributed by atoms with E-state index in [0.717, 1.165) is 51.1 Å². The molecule has 1 saturated heterocycles. The number of likely N-dealkylation sites (N-methyl/N-ethyl adjacent to an activating group) is 1. The molecule has 9 nitrogen and oxygen atoms in total. The first kappa shape index (κ1) is 42.7. The van der Waals surface area contributed by atoms with Crippen LogP contribution in [0.15, 0.2) is 163 Å². The Morgan fingerprint density at radius 1 is 0.717 bits per heavy atom. The monoisotopic (exact) mass is 823 g/mol. The van der Waals surface area contributed by atoms with Gasteiger partial charge in [0.05, 0.1) is 23.7 Å². The molecule has 7 rings (SSSR count). The van der Waals surface area contributed by atoms with Gasteiger partial charge in [-0.2, -0.15) is 4.72 Å². The number of hydrogen-bond acceptors (Lipinski definition) is 7. The molecule has 0 aliphatic carbocycles. The number of nitrogens with one attached hydrogen (secondary N) is 2. The van der Waals surface area contributed by atoms with Crippen molar-refractivity contribution < 1.29 is 27.8 Å². The van der Waals surface area contributed by atoms with Crippen LogP contribution in [0, 0.1) is 12.8 Å². The summed E-state index contributed by atoms with van der Waals surface area (Å²) in [4.78, 5) is 16.1. The highest BCUT2D eigenvalue weighted by Gasteiger charge is 2.39. The number of aliphatic hydroxyl groups excluding tert-OH is 1. The maximum absolute atomic E-state index is 13.7. The number of ether oxygens (including phenoxy) is 2. The van der Waals surface area contributed by atoms with Gasteiger partial charge in [-0.15, -0.1) is 0 Å². The fraction of sp³-hybridized carbons (Fsp3) is 0.260. The molecule has 0 radical (unpaired) electrons. The number of carbonyl (C=O) groups is 1. The lowest BCUT2D eigenvalue weighted by Crippen LogP contribution is -2.47. The lowest BCUT2D eigenvalue weighted by Gasteiger charge is -2.42. The van der Waals surface area contributed by atoms with Crippen molar-refractivity contribution in [1.29, 1.82) is 0 Å². The minimum atomic E-state index is -3.97. The second-order valence-electron chi connectivity index (χ2n) is 15.7. The Hall–Kier alpha value is -5.46. The van der Waals surface area contributed by atoms with Crippen LogP contribution in [0.3, 0.4) is 0 Å². The zero-order valence-corrected chi connectivity index (χ0v) is 35.1. The first-order chi connectivity index (χ1) is 29.0. The van der Waals surface area contributed by atoms with Gasteiger partial charge in [0.15, 0.2) is 6.29 Å². The Morgan fingerprint density at radius 3 is 2.03 bits per heavy atom. The van der Waals surface area contributed by atoms with E-state index in [1.165, 1.54) is 5.56 Å². The molecular weight excluding hydrogens is 771 g/mol. The molecular formula is C50H53N3O6S. The van der Waals surface area contributed by atoms with Crippen LogP contribution in [-0.2, 0) is 50.4 Å². The predicted octanol–water partition coefficient (Wildman–Crippen LogP) is 8.28. The van der Waals surface area contributed by atoms with Crippen LogP contribution in [0.5, 0.6) is 0 Å². The standard InChI is InChI=1S/C50H53N3O6S/c1-35-20-26-45(27-21-35)60(56,57)52-46(29-37-12-6-4-7-13-37)49(55)51-31-40-16-10-17-42(28-40)43-18-11-19-44(30-43)50-58-47(33-53(3)32-38-14-8-5-9-15-38)36(2)48(59-50)41-24-22-39(34-54)23-25-41/h4-28,30,36,46-48,50,52,54H,29,31-34H2,1-3H3,(H,51,55)/t36-,46+,47+,48+,50+/m0/s1. The number of benzene rings is 6. The number of amides is 1. The highest BCUT2D eigenvalue weighted by atomic mass is 32.2. The maximum atomic E-state index is 13.7. The van der Waals surface area contributed by atoms with Crippen LogP contribution in [0.1, 0.15) is 58.3 Å². The lowest BCUT2D eigenvalue weighted by atomic mass is 9.90. The van der Waals surface area contributed by atoms with Gasteiger partial charge in [0.1, 0.15) is 6.04 Å². The van der Waals surface area contributed by atoms with E-state index < -0.39 is 28.3 Å². The summed E-state index contributed by atoms with van der Waals surface area (Å²) in [6.07, 6.45) is -0.823. The smallest absolute Gasteiger partial charge is 0.241 e. The van der Waals surface area contributed by atoms with Crippen LogP contribution >= 0.6 is 0 Å². The van der Waals surface area contributed by atoms with E-state index in [4.69, 9.17) is 9.47 Å². The van der Waals surface area contributed by atoms with Crippen molar-refractivity contribution >= 4 is 15.9 Å². The van der Waals surface area contributed by atoms with E-state index >= 15 is 0 Å². The summed E-state index contributed by atoms with van der Waals surface area (Å²) in [6, 6.07) is 49.3. The molecule has 1 aliphatic heterocycles. The van der Waals surface area contributed by atoms with Crippen molar-refractivity contribution in [3.8, 4) is 11.1 Å². The Balaban J connectivity index is 1.08. The lowest BCUT2D eigenvalue weighted by molar-refractivity contribution is -0.276. The summed E-state index contributed by atoms with van der Waals surface area (Å²) in [7, 11) is -1.86. The average molecular weight is 824 g/mol. The average Bonchev–Trinajstić information content (AvgIpc) is 3.27. The molecule has 0 aromatic heterocycles. The molecule has 0 spiro atoms. The van der Waals surface area contributed by atoms with E-state index in [1.54, 1.807) is 24.3 Å². The normalized spacial score (nSPS) is 18.6. The van der Waals surface area contributed by atoms with Gasteiger partial charge in [0.2, 0.25) is 15.9 Å². The van der Waals surface area contributed by atoms with Gasteiger partial charge >= 0.3 is 0 Å². The van der Waals surface area contributed by atoms with Crippen LogP contribution in [0.4, 0.5) is 0 Å². The molecule has 310 valence electrons. The molecule has 1 fully saturated rings. The minimum absolute atomic E-state index is 0.0226. The number of sulfonamides is 1. The largest absolute Gasteiger partial charge is 0.392 e. The molecule has 3 N–H and O–H groups in total. The van der Waals surface area contributed by atoms with Crippen LogP contribution in [-0.4, -0.2) is 50.1 Å². The predicted molar refractivity (Wildman–Crippen MR) is 235 cm³/mol. The van der Waals surface area contributed by atoms with Crippen molar-refractivity contribution in [3.63, 3.8) is 0 Å². The second-order valence-corrected chi connectivity index (χ2v) is 17.4. The summed E-state index contributed by atoms with van der Waals surface area (Å²) in [5.74, 6) is -0.382. The molecule has 1 heterocycles. The molecule has 6 aromatic carbocycles. The van der Waals surface area contributed by atoms with Crippen molar-refractivity contribution in [2.75, 3.05) is 13.6 Å². The van der Waals surface area contributed by atoms with E-state index in [9.17, 15) is 18.3 Å². The van der Waals surface area contributed by atoms with E-state index in [-0.39, 0.29) is 42.6 Å². The van der Waals surface area contributed by atoms with E-state index in [0.29, 0.717) is 6.54 Å². The summed E-state index contributed by atoms with van der Waals surface area (Å²) < 4.78 is 43.1. The molecule has 1 amide bonds. The minimum Gasteiger partial charge on any atom is -0.392 e. The highest BCUT2D eigenvalue weighted by molar-refractivity contribution is 7.89. The first-order valence-corrected chi connectivity index (χ1v) is 21.9. The molecule has 0 saturated carbocycles. The summed E-state index contributed by atoms with van der Waals surface area (Å²) in [5, 5.41) is 12.7. The quantitative estimate of drug-likeness (QED) is 0.0900. The second kappa shape index (κ2) is 19.7. The zero-order valence-electron chi connectivity index (χ0n) is 34.3. The van der Waals surface area contributed by atoms with E-state index in [1.807, 2.05) is 110 Å². The SMILES string of the molecule is Cc1ccc(S(=O)(=O)N[C@H](Cc2ccccc2)C(=O)NCc2cccc(-c3cccc([C@@H]4O[C@H](CN(C)Cc5ccccc5)[C@H](C)[C@H](c5ccc(CO)cc5)O4)c3)c2)cc1. The molecule has 0 unspecified atom stereocenters. The Labute approximate surface area is 354 Å². The number of aliphatic hydroxyl groups is 1. The molecule has 6 aromatic rings. The fourth-order valence-corrected chi connectivity index (χ4v) is 8.84. The Kier molecular flexibility index (Phi) is 14.0. The van der Waals surface area contributed by atoms with Crippen molar-refractivity contribution in [3.05, 3.63) is 197 Å². The van der Waals surface area contributed by atoms with E-state index in [2.05, 4.69) is 59.2 Å². The molecule has 5 atom stereocenters. The van der Waals surface area contributed by atoms with Gasteiger partial charge in [-0.25, -0.2) is 8.42 Å². The van der Waals surface area contributed by atoms with Gasteiger partial charge in [-0.05, 0) is 83.6 Å². The molecule has 1 aliphatic rings. The molecule has 10 heteroatoms. The Bertz CT molecular complexity index is 2430. The van der Waals surface area contributed by atoms with Crippen molar-refractivity contribution in [2.24, 2.45) is 5.92 Å².